The summed E-state index contributed by atoms with van der Waals surface area (Å²) in [5.41, 5.74) is -0.337. The lowest BCUT2D eigenvalue weighted by Gasteiger charge is -2.21. The number of hydrogen-bond acceptors (Lipinski definition) is 5. The highest BCUT2D eigenvalue weighted by Crippen LogP contribution is 2.39. The summed E-state index contributed by atoms with van der Waals surface area (Å²) in [7, 11) is 3.48. The summed E-state index contributed by atoms with van der Waals surface area (Å²) in [5, 5.41) is 0. The van der Waals surface area contributed by atoms with Crippen molar-refractivity contribution in [3.05, 3.63) is 0 Å². The molecule has 0 amide bonds. The minimum Gasteiger partial charge on any atom is -0.434 e. The Balaban J connectivity index is 2.06. The maximum absolute atomic E-state index is 11.4. The van der Waals surface area contributed by atoms with Gasteiger partial charge in [0, 0.05) is 11.5 Å². The minimum atomic E-state index is -0.512. The van der Waals surface area contributed by atoms with Gasteiger partial charge in [-0.2, -0.15) is 0 Å². The Kier molecular flexibility index (Phi) is 6.43. The van der Waals surface area contributed by atoms with Crippen LogP contribution in [0.2, 0.25) is 0 Å². The van der Waals surface area contributed by atoms with Crippen LogP contribution in [0.15, 0.2) is 0 Å². The summed E-state index contributed by atoms with van der Waals surface area (Å²) in [6.07, 6.45) is 3.93. The minimum absolute atomic E-state index is 0.337. The summed E-state index contributed by atoms with van der Waals surface area (Å²) in [6.45, 7) is 4.60. The fourth-order valence-corrected chi connectivity index (χ4v) is 4.46. The molecule has 0 bridgehead atoms. The summed E-state index contributed by atoms with van der Waals surface area (Å²) in [6, 6.07) is 0. The second kappa shape index (κ2) is 7.33. The SMILES string of the molecule is CCCCCCOC(=O)OC1(C)CSSC1. The molecule has 1 rings (SSSR count). The molecule has 5 heteroatoms. The van der Waals surface area contributed by atoms with E-state index in [1.165, 1.54) is 12.8 Å². The fraction of sp³-hybridized carbons (Fsp3) is 0.909. The van der Waals surface area contributed by atoms with Crippen LogP contribution in [0, 0.1) is 0 Å². The molecule has 0 aromatic heterocycles. The van der Waals surface area contributed by atoms with Crippen molar-refractivity contribution in [1.29, 1.82) is 0 Å². The summed E-state index contributed by atoms with van der Waals surface area (Å²) < 4.78 is 10.3. The van der Waals surface area contributed by atoms with Crippen LogP contribution in [0.3, 0.4) is 0 Å². The Hall–Kier alpha value is -0.0300. The van der Waals surface area contributed by atoms with E-state index in [0.29, 0.717) is 6.61 Å². The normalized spacial score (nSPS) is 18.4. The molecule has 0 unspecified atom stereocenters. The van der Waals surface area contributed by atoms with E-state index in [1.807, 2.05) is 6.92 Å². The van der Waals surface area contributed by atoms with Gasteiger partial charge in [0.05, 0.1) is 6.61 Å². The summed E-state index contributed by atoms with van der Waals surface area (Å²) in [5.74, 6) is 1.70. The largest absolute Gasteiger partial charge is 0.508 e. The second-order valence-corrected chi connectivity index (χ2v) is 6.70. The lowest BCUT2D eigenvalue weighted by Crippen LogP contribution is -2.34. The molecule has 0 spiro atoms. The zero-order chi connectivity index (χ0) is 11.9. The van der Waals surface area contributed by atoms with Crippen LogP contribution in [0.4, 0.5) is 4.79 Å². The molecule has 0 saturated carbocycles. The number of rotatable bonds is 6. The molecule has 1 fully saturated rings. The summed E-state index contributed by atoms with van der Waals surface area (Å²) >= 11 is 0. The molecule has 0 radical (unpaired) electrons. The van der Waals surface area contributed by atoms with Crippen LogP contribution in [-0.4, -0.2) is 29.9 Å². The van der Waals surface area contributed by atoms with Gasteiger partial charge in [-0.15, -0.1) is 0 Å². The van der Waals surface area contributed by atoms with Crippen LogP contribution in [0.5, 0.6) is 0 Å². The predicted molar refractivity (Wildman–Crippen MR) is 69.9 cm³/mol. The van der Waals surface area contributed by atoms with Crippen LogP contribution >= 0.6 is 21.6 Å². The van der Waals surface area contributed by atoms with E-state index < -0.39 is 6.16 Å². The predicted octanol–water partition coefficient (Wildman–Crippen LogP) is 3.87. The van der Waals surface area contributed by atoms with Gasteiger partial charge in [-0.25, -0.2) is 4.79 Å². The Morgan fingerprint density at radius 3 is 2.56 bits per heavy atom. The molecule has 3 nitrogen and oxygen atoms in total. The fourth-order valence-electron chi connectivity index (χ4n) is 1.35. The van der Waals surface area contributed by atoms with E-state index in [4.69, 9.17) is 9.47 Å². The van der Waals surface area contributed by atoms with Crippen molar-refractivity contribution in [2.24, 2.45) is 0 Å². The van der Waals surface area contributed by atoms with Gasteiger partial charge in [-0.3, -0.25) is 0 Å². The number of ether oxygens (including phenoxy) is 2. The van der Waals surface area contributed by atoms with Gasteiger partial charge < -0.3 is 9.47 Å². The van der Waals surface area contributed by atoms with Crippen molar-refractivity contribution < 1.29 is 14.3 Å². The molecule has 1 aliphatic rings. The van der Waals surface area contributed by atoms with Crippen molar-refractivity contribution in [1.82, 2.24) is 0 Å². The number of carbonyl (C=O) groups is 1. The highest BCUT2D eigenvalue weighted by Gasteiger charge is 2.34. The Labute approximate surface area is 105 Å². The van der Waals surface area contributed by atoms with E-state index in [9.17, 15) is 4.79 Å². The highest BCUT2D eigenvalue weighted by atomic mass is 33.1. The van der Waals surface area contributed by atoms with Gasteiger partial charge in [0.1, 0.15) is 5.60 Å². The van der Waals surface area contributed by atoms with Crippen molar-refractivity contribution >= 4 is 27.7 Å². The molecule has 0 atom stereocenters. The lowest BCUT2D eigenvalue weighted by molar-refractivity contribution is -0.00239. The topological polar surface area (TPSA) is 35.5 Å². The van der Waals surface area contributed by atoms with Crippen molar-refractivity contribution in [3.8, 4) is 0 Å². The second-order valence-electron chi connectivity index (χ2n) is 4.24. The molecule has 0 aromatic carbocycles. The first kappa shape index (κ1) is 14.0. The van der Waals surface area contributed by atoms with E-state index in [0.717, 1.165) is 24.3 Å². The molecule has 0 aromatic rings. The number of hydrogen-bond donors (Lipinski definition) is 0. The third-order valence-electron chi connectivity index (χ3n) is 2.36. The molecular formula is C11H20O3S2. The molecule has 0 aliphatic carbocycles. The van der Waals surface area contributed by atoms with E-state index in [-0.39, 0.29) is 5.60 Å². The molecule has 94 valence electrons. The maximum Gasteiger partial charge on any atom is 0.508 e. The monoisotopic (exact) mass is 264 g/mol. The first-order valence-electron chi connectivity index (χ1n) is 5.76. The quantitative estimate of drug-likeness (QED) is 0.413. The smallest absolute Gasteiger partial charge is 0.434 e. The van der Waals surface area contributed by atoms with Crippen LogP contribution in [0.25, 0.3) is 0 Å². The summed E-state index contributed by atoms with van der Waals surface area (Å²) in [4.78, 5) is 11.4. The Morgan fingerprint density at radius 2 is 1.94 bits per heavy atom. The number of carbonyl (C=O) groups excluding carboxylic acids is 1. The van der Waals surface area contributed by atoms with Gasteiger partial charge in [0.2, 0.25) is 0 Å². The molecule has 1 heterocycles. The molecule has 1 aliphatic heterocycles. The molecule has 16 heavy (non-hydrogen) atoms. The van der Waals surface area contributed by atoms with Gasteiger partial charge in [-0.05, 0) is 13.3 Å². The zero-order valence-electron chi connectivity index (χ0n) is 9.99. The van der Waals surface area contributed by atoms with Crippen molar-refractivity contribution in [2.45, 2.75) is 45.1 Å². The first-order valence-corrected chi connectivity index (χ1v) is 8.25. The lowest BCUT2D eigenvalue weighted by atomic mass is 10.2. The standard InChI is InChI=1S/C11H20O3S2/c1-3-4-5-6-7-13-10(12)14-11(2)8-15-16-9-11/h3-9H2,1-2H3. The van der Waals surface area contributed by atoms with Crippen LogP contribution in [-0.2, 0) is 9.47 Å². The maximum atomic E-state index is 11.4. The molecule has 0 N–H and O–H groups in total. The van der Waals surface area contributed by atoms with E-state index in [2.05, 4.69) is 6.92 Å². The first-order chi connectivity index (χ1) is 7.66. The van der Waals surface area contributed by atoms with Crippen LogP contribution in [0.1, 0.15) is 39.5 Å². The van der Waals surface area contributed by atoms with Crippen LogP contribution < -0.4 is 0 Å². The van der Waals surface area contributed by atoms with Gasteiger partial charge >= 0.3 is 6.16 Å². The third-order valence-corrected chi connectivity index (χ3v) is 5.19. The molecular weight excluding hydrogens is 244 g/mol. The van der Waals surface area contributed by atoms with Crippen molar-refractivity contribution in [3.63, 3.8) is 0 Å². The zero-order valence-corrected chi connectivity index (χ0v) is 11.6. The van der Waals surface area contributed by atoms with Gasteiger partial charge in [0.15, 0.2) is 0 Å². The highest BCUT2D eigenvalue weighted by molar-refractivity contribution is 8.77. The van der Waals surface area contributed by atoms with Crippen molar-refractivity contribution in [2.75, 3.05) is 18.1 Å². The van der Waals surface area contributed by atoms with E-state index >= 15 is 0 Å². The third kappa shape index (κ3) is 5.34. The Bertz CT molecular complexity index is 215. The average Bonchev–Trinajstić information content (AvgIpc) is 2.64. The average molecular weight is 264 g/mol. The Morgan fingerprint density at radius 1 is 1.25 bits per heavy atom. The van der Waals surface area contributed by atoms with E-state index in [1.54, 1.807) is 21.6 Å². The van der Waals surface area contributed by atoms with Gasteiger partial charge in [0.25, 0.3) is 0 Å². The number of unbranched alkanes of at least 4 members (excludes halogenated alkanes) is 3. The van der Waals surface area contributed by atoms with Gasteiger partial charge in [-0.1, -0.05) is 47.8 Å². The molecule has 1 saturated heterocycles.